The Balaban J connectivity index is 4.80. The maximum absolute atomic E-state index is 12.9. The molecule has 0 aromatic rings. The van der Waals surface area contributed by atoms with Crippen LogP contribution in [0.1, 0.15) is 213 Å². The van der Waals surface area contributed by atoms with Gasteiger partial charge in [0.25, 0.3) is 0 Å². The number of esters is 3. The monoisotopic (exact) mass is 1260 g/mol. The van der Waals surface area contributed by atoms with Gasteiger partial charge in [0, 0.05) is 19.3 Å². The SMILES string of the molecule is CC/C=C\C/C=C\C/C=C\C/C=C\C/C=C\C/C=C\CCC(=O)OCC(O)COP(=O)(O)OCC(O)COP(=O)(O)OCC(COC(=O)CCCCCC/C=C\C/C=C\C/C=C\C/C=C\CC)OC(=O)CCCCCCC/C=C\C/C=C\CCCCC. The highest BCUT2D eigenvalue weighted by Crippen LogP contribution is 2.45. The van der Waals surface area contributed by atoms with Gasteiger partial charge in [-0.3, -0.25) is 32.5 Å². The molecule has 16 nitrogen and oxygen atoms in total. The molecular weight excluding hydrogens is 1150 g/mol. The van der Waals surface area contributed by atoms with E-state index in [0.717, 1.165) is 128 Å². The fourth-order valence-corrected chi connectivity index (χ4v) is 9.26. The number of phosphoric ester groups is 2. The van der Waals surface area contributed by atoms with Gasteiger partial charge in [-0.25, -0.2) is 9.13 Å². The summed E-state index contributed by atoms with van der Waals surface area (Å²) in [6.07, 6.45) is 72.0. The van der Waals surface area contributed by atoms with Crippen molar-refractivity contribution in [3.8, 4) is 0 Å². The van der Waals surface area contributed by atoms with Crippen molar-refractivity contribution in [2.45, 2.75) is 232 Å². The molecule has 0 aromatic heterocycles. The molecule has 0 spiro atoms. The highest BCUT2D eigenvalue weighted by atomic mass is 31.2. The molecule has 0 bridgehead atoms. The molecule has 0 saturated heterocycles. The predicted molar refractivity (Wildman–Crippen MR) is 352 cm³/mol. The van der Waals surface area contributed by atoms with Crippen molar-refractivity contribution >= 4 is 33.6 Å². The van der Waals surface area contributed by atoms with E-state index >= 15 is 0 Å². The standard InChI is InChI=1S/C69H112O16P2/c1-4-7-10-13-16-19-22-25-28-30-31-33-36-37-40-43-46-49-52-55-67(72)79-58-64(70)59-81-86(75,76)82-60-65(71)61-83-87(77,78)84-63-66(85-69(74)57-54-51-48-45-42-39-34-27-24-21-18-15-12-9-6-3)62-80-68(73)56-53-50-47-44-41-38-35-32-29-26-23-20-17-14-11-8-5-2/h7-8,10-11,16-21,25-29,31,33-35,37-38,40,46,49,64-66,70-71H,4-6,9,12-15,22-24,30,32,36,39,41-45,47-48,50-63H2,1-3H3,(H,75,76)(H,77,78)/b10-7-,11-8-,19-16-,20-17-,21-18-,28-25-,29-26-,33-31-,34-27-,38-35-,40-37-,49-46-. The number of aliphatic hydroxyl groups excluding tert-OH is 2. The van der Waals surface area contributed by atoms with Gasteiger partial charge >= 0.3 is 33.6 Å². The molecular formula is C69H112O16P2. The summed E-state index contributed by atoms with van der Waals surface area (Å²) in [4.78, 5) is 58.2. The Kier molecular flexibility index (Phi) is 58.4. The van der Waals surface area contributed by atoms with Crippen LogP contribution in [0.25, 0.3) is 0 Å². The Morgan fingerprint density at radius 2 is 0.632 bits per heavy atom. The summed E-state index contributed by atoms with van der Waals surface area (Å²) in [5.41, 5.74) is 0. The van der Waals surface area contributed by atoms with Crippen LogP contribution >= 0.6 is 15.6 Å². The topological polar surface area (TPSA) is 231 Å². The van der Waals surface area contributed by atoms with Crippen molar-refractivity contribution in [3.05, 3.63) is 146 Å². The second-order valence-corrected chi connectivity index (χ2v) is 23.7. The number of carbonyl (C=O) groups is 3. The van der Waals surface area contributed by atoms with Gasteiger partial charge in [-0.2, -0.15) is 0 Å². The first kappa shape index (κ1) is 82.4. The fraction of sp³-hybridized carbons (Fsp3) is 0.609. The van der Waals surface area contributed by atoms with E-state index in [0.29, 0.717) is 25.7 Å². The lowest BCUT2D eigenvalue weighted by Gasteiger charge is -2.21. The first-order valence-electron chi connectivity index (χ1n) is 32.1. The quantitative estimate of drug-likeness (QED) is 0.0146. The third-order valence-electron chi connectivity index (χ3n) is 12.5. The average molecular weight is 1260 g/mol. The minimum absolute atomic E-state index is 0.0549. The van der Waals surface area contributed by atoms with Crippen LogP contribution < -0.4 is 0 Å². The van der Waals surface area contributed by atoms with E-state index in [1.54, 1.807) is 0 Å². The first-order chi connectivity index (χ1) is 42.2. The summed E-state index contributed by atoms with van der Waals surface area (Å²) in [6.45, 7) is 2.23. The molecule has 0 aliphatic carbocycles. The third-order valence-corrected chi connectivity index (χ3v) is 14.4. The van der Waals surface area contributed by atoms with Gasteiger partial charge in [0.05, 0.1) is 26.4 Å². The summed E-state index contributed by atoms with van der Waals surface area (Å²) >= 11 is 0. The largest absolute Gasteiger partial charge is 0.472 e. The molecule has 18 heteroatoms. The number of carbonyl (C=O) groups excluding carboxylic acids is 3. The zero-order valence-corrected chi connectivity index (χ0v) is 54.9. The van der Waals surface area contributed by atoms with Crippen LogP contribution in [0.4, 0.5) is 0 Å². The van der Waals surface area contributed by atoms with Gasteiger partial charge in [-0.15, -0.1) is 0 Å². The number of unbranched alkanes of at least 4 members (excludes halogenated alkanes) is 12. The third kappa shape index (κ3) is 62.8. The van der Waals surface area contributed by atoms with Gasteiger partial charge in [0.1, 0.15) is 25.4 Å². The molecule has 0 aliphatic heterocycles. The zero-order chi connectivity index (χ0) is 63.8. The van der Waals surface area contributed by atoms with Crippen LogP contribution in [0.2, 0.25) is 0 Å². The Hall–Kier alpha value is -4.57. The van der Waals surface area contributed by atoms with E-state index in [9.17, 15) is 43.5 Å². The molecule has 4 N–H and O–H groups in total. The molecule has 5 unspecified atom stereocenters. The number of hydrogen-bond acceptors (Lipinski definition) is 14. The van der Waals surface area contributed by atoms with E-state index < -0.39 is 91.5 Å². The first-order valence-corrected chi connectivity index (χ1v) is 35.1. The molecule has 5 atom stereocenters. The molecule has 0 saturated carbocycles. The zero-order valence-electron chi connectivity index (χ0n) is 53.1. The lowest BCUT2D eigenvalue weighted by molar-refractivity contribution is -0.161. The number of phosphoric acid groups is 2. The van der Waals surface area contributed by atoms with Crippen molar-refractivity contribution in [3.63, 3.8) is 0 Å². The van der Waals surface area contributed by atoms with Gasteiger partial charge < -0.3 is 34.2 Å². The number of allylic oxidation sites excluding steroid dienone is 24. The normalized spacial score (nSPS) is 15.3. The minimum atomic E-state index is -4.94. The summed E-state index contributed by atoms with van der Waals surface area (Å²) in [5, 5.41) is 20.5. The Labute approximate surface area is 524 Å². The molecule has 0 radical (unpaired) electrons. The maximum atomic E-state index is 12.9. The summed E-state index contributed by atoms with van der Waals surface area (Å²) in [5.74, 6) is -1.71. The van der Waals surface area contributed by atoms with Crippen molar-refractivity contribution in [1.82, 2.24) is 0 Å². The Bertz CT molecular complexity index is 2170. The smallest absolute Gasteiger partial charge is 0.463 e. The lowest BCUT2D eigenvalue weighted by atomic mass is 10.1. The van der Waals surface area contributed by atoms with Gasteiger partial charge in [-0.05, 0) is 128 Å². The molecule has 0 aromatic carbocycles. The lowest BCUT2D eigenvalue weighted by Crippen LogP contribution is -2.30. The highest BCUT2D eigenvalue weighted by Gasteiger charge is 2.29. The van der Waals surface area contributed by atoms with E-state index in [1.807, 2.05) is 18.2 Å². The Morgan fingerprint density at radius 1 is 0.333 bits per heavy atom. The average Bonchev–Trinajstić information content (AvgIpc) is 3.68. The molecule has 494 valence electrons. The summed E-state index contributed by atoms with van der Waals surface area (Å²) in [6, 6.07) is 0. The van der Waals surface area contributed by atoms with E-state index in [-0.39, 0.29) is 19.3 Å². The van der Waals surface area contributed by atoms with Crippen molar-refractivity contribution in [1.29, 1.82) is 0 Å². The fourth-order valence-electron chi connectivity index (χ4n) is 7.67. The molecule has 0 heterocycles. The van der Waals surface area contributed by atoms with Crippen molar-refractivity contribution < 1.29 is 75.8 Å². The molecule has 0 aliphatic rings. The van der Waals surface area contributed by atoms with E-state index in [4.69, 9.17) is 32.3 Å². The number of rotatable bonds is 59. The number of hydrogen-bond donors (Lipinski definition) is 4. The van der Waals surface area contributed by atoms with Crippen LogP contribution in [0.5, 0.6) is 0 Å². The molecule has 0 amide bonds. The second kappa shape index (κ2) is 61.7. The molecule has 0 rings (SSSR count). The van der Waals surface area contributed by atoms with Crippen molar-refractivity contribution in [2.24, 2.45) is 0 Å². The van der Waals surface area contributed by atoms with Crippen molar-refractivity contribution in [2.75, 3.05) is 39.6 Å². The van der Waals surface area contributed by atoms with Crippen LogP contribution in [0.3, 0.4) is 0 Å². The van der Waals surface area contributed by atoms with Crippen LogP contribution in [-0.2, 0) is 55.8 Å². The second-order valence-electron chi connectivity index (χ2n) is 20.8. The summed E-state index contributed by atoms with van der Waals surface area (Å²) < 4.78 is 60.7. The van der Waals surface area contributed by atoms with E-state index in [1.165, 1.54) is 19.3 Å². The predicted octanol–water partition coefficient (Wildman–Crippen LogP) is 17.4. The Morgan fingerprint density at radius 3 is 1.03 bits per heavy atom. The molecule has 0 fully saturated rings. The van der Waals surface area contributed by atoms with Crippen LogP contribution in [0, 0.1) is 0 Å². The van der Waals surface area contributed by atoms with Gasteiger partial charge in [0.2, 0.25) is 0 Å². The maximum Gasteiger partial charge on any atom is 0.472 e. The molecule has 87 heavy (non-hydrogen) atoms. The van der Waals surface area contributed by atoms with E-state index in [2.05, 4.69) is 148 Å². The highest BCUT2D eigenvalue weighted by molar-refractivity contribution is 7.47. The number of aliphatic hydroxyl groups is 2. The van der Waals surface area contributed by atoms with Gasteiger partial charge in [0.15, 0.2) is 6.10 Å². The minimum Gasteiger partial charge on any atom is -0.463 e. The van der Waals surface area contributed by atoms with Gasteiger partial charge in [-0.1, -0.05) is 212 Å². The number of ether oxygens (including phenoxy) is 3. The summed E-state index contributed by atoms with van der Waals surface area (Å²) in [7, 11) is -9.81. The van der Waals surface area contributed by atoms with Crippen LogP contribution in [0.15, 0.2) is 146 Å². The van der Waals surface area contributed by atoms with Crippen LogP contribution in [-0.4, -0.2) is 95.9 Å².